The van der Waals surface area contributed by atoms with Gasteiger partial charge in [0.25, 0.3) is 0 Å². The lowest BCUT2D eigenvalue weighted by atomic mass is 10.00. The van der Waals surface area contributed by atoms with Gasteiger partial charge in [-0.3, -0.25) is 0 Å². The van der Waals surface area contributed by atoms with Crippen LogP contribution < -0.4 is 5.32 Å². The summed E-state index contributed by atoms with van der Waals surface area (Å²) in [5.41, 5.74) is 4.87. The highest BCUT2D eigenvalue weighted by atomic mass is 79.9. The molecule has 3 N–H and O–H groups in total. The summed E-state index contributed by atoms with van der Waals surface area (Å²) in [6.45, 7) is 3.55. The minimum absolute atomic E-state index is 0.315. The van der Waals surface area contributed by atoms with E-state index in [1.807, 2.05) is 67.6 Å². The lowest BCUT2D eigenvalue weighted by Crippen LogP contribution is -2.20. The molecule has 27 heavy (non-hydrogen) atoms. The number of rotatable bonds is 7. The fourth-order valence-electron chi connectivity index (χ4n) is 3.21. The summed E-state index contributed by atoms with van der Waals surface area (Å²) < 4.78 is 0.736. The van der Waals surface area contributed by atoms with Crippen LogP contribution in [0.3, 0.4) is 0 Å². The first-order valence-electron chi connectivity index (χ1n) is 9.11. The molecule has 3 aromatic rings. The van der Waals surface area contributed by atoms with Gasteiger partial charge in [0.15, 0.2) is 0 Å². The number of phenols is 2. The summed E-state index contributed by atoms with van der Waals surface area (Å²) in [4.78, 5) is 0. The first-order valence-corrected chi connectivity index (χ1v) is 9.90. The molecule has 0 amide bonds. The third-order valence-electron chi connectivity index (χ3n) is 4.63. The van der Waals surface area contributed by atoms with Crippen molar-refractivity contribution in [3.8, 4) is 22.6 Å². The van der Waals surface area contributed by atoms with Crippen molar-refractivity contribution in [1.82, 2.24) is 5.32 Å². The standard InChI is InChI=1S/C23H24BrNO2/c1-16-14-19(23(27)21(24)15-16)11-13-25-12-10-18-8-5-9-20(22(18)26)17-6-3-2-4-7-17/h2-9,14-15,25-27H,10-13H2,1H3. The Hall–Kier alpha value is -2.30. The molecule has 3 rings (SSSR count). The van der Waals surface area contributed by atoms with E-state index < -0.39 is 0 Å². The van der Waals surface area contributed by atoms with Gasteiger partial charge < -0.3 is 15.5 Å². The van der Waals surface area contributed by atoms with Crippen LogP contribution in [0.25, 0.3) is 11.1 Å². The van der Waals surface area contributed by atoms with Crippen molar-refractivity contribution < 1.29 is 10.2 Å². The molecule has 0 aliphatic carbocycles. The molecule has 0 aromatic heterocycles. The highest BCUT2D eigenvalue weighted by Crippen LogP contribution is 2.32. The van der Waals surface area contributed by atoms with Crippen LogP contribution in [0.5, 0.6) is 11.5 Å². The highest BCUT2D eigenvalue weighted by molar-refractivity contribution is 9.10. The second-order valence-electron chi connectivity index (χ2n) is 6.68. The van der Waals surface area contributed by atoms with Crippen molar-refractivity contribution in [3.63, 3.8) is 0 Å². The summed E-state index contributed by atoms with van der Waals surface area (Å²) in [7, 11) is 0. The zero-order valence-corrected chi connectivity index (χ0v) is 17.0. The second-order valence-corrected chi connectivity index (χ2v) is 7.54. The lowest BCUT2D eigenvalue weighted by molar-refractivity contribution is 0.463. The van der Waals surface area contributed by atoms with E-state index in [0.717, 1.165) is 58.2 Å². The fraction of sp³-hybridized carbons (Fsp3) is 0.217. The third-order valence-corrected chi connectivity index (χ3v) is 5.24. The van der Waals surface area contributed by atoms with Crippen molar-refractivity contribution in [2.75, 3.05) is 13.1 Å². The fourth-order valence-corrected chi connectivity index (χ4v) is 3.83. The molecule has 3 aromatic carbocycles. The Balaban J connectivity index is 1.56. The topological polar surface area (TPSA) is 52.5 Å². The molecule has 4 heteroatoms. The van der Waals surface area contributed by atoms with Crippen LogP contribution in [0.1, 0.15) is 16.7 Å². The lowest BCUT2D eigenvalue weighted by Gasteiger charge is -2.11. The number of phenolic OH excluding ortho intramolecular Hbond substituents is 2. The molecule has 0 aliphatic rings. The number of hydrogen-bond donors (Lipinski definition) is 3. The molecule has 0 saturated carbocycles. The van der Waals surface area contributed by atoms with Crippen molar-refractivity contribution >= 4 is 15.9 Å². The van der Waals surface area contributed by atoms with Crippen molar-refractivity contribution in [1.29, 1.82) is 0 Å². The van der Waals surface area contributed by atoms with E-state index in [1.165, 1.54) is 0 Å². The van der Waals surface area contributed by atoms with E-state index in [-0.39, 0.29) is 0 Å². The molecule has 0 aliphatic heterocycles. The number of hydrogen-bond acceptors (Lipinski definition) is 3. The molecule has 0 fully saturated rings. The van der Waals surface area contributed by atoms with Gasteiger partial charge >= 0.3 is 0 Å². The first kappa shape index (κ1) is 19.5. The van der Waals surface area contributed by atoms with E-state index >= 15 is 0 Å². The number of aryl methyl sites for hydroxylation is 1. The zero-order chi connectivity index (χ0) is 19.2. The van der Waals surface area contributed by atoms with E-state index in [9.17, 15) is 10.2 Å². The van der Waals surface area contributed by atoms with Gasteiger partial charge in [-0.25, -0.2) is 0 Å². The van der Waals surface area contributed by atoms with Crippen LogP contribution >= 0.6 is 15.9 Å². The van der Waals surface area contributed by atoms with Gasteiger partial charge in [-0.1, -0.05) is 54.6 Å². The minimum atomic E-state index is 0.315. The summed E-state index contributed by atoms with van der Waals surface area (Å²) in [5, 5.41) is 24.1. The molecular formula is C23H24BrNO2. The monoisotopic (exact) mass is 425 g/mol. The van der Waals surface area contributed by atoms with E-state index in [1.54, 1.807) is 0 Å². The zero-order valence-electron chi connectivity index (χ0n) is 15.4. The van der Waals surface area contributed by atoms with E-state index in [4.69, 9.17) is 0 Å². The van der Waals surface area contributed by atoms with Gasteiger partial charge in [-0.05, 0) is 77.1 Å². The van der Waals surface area contributed by atoms with Crippen LogP contribution in [0.4, 0.5) is 0 Å². The molecule has 0 spiro atoms. The Kier molecular flexibility index (Phi) is 6.54. The summed E-state index contributed by atoms with van der Waals surface area (Å²) in [5.74, 6) is 0.668. The van der Waals surface area contributed by atoms with Crippen LogP contribution in [0, 0.1) is 6.92 Å². The van der Waals surface area contributed by atoms with Gasteiger partial charge in [0, 0.05) is 5.56 Å². The molecule has 0 bridgehead atoms. The van der Waals surface area contributed by atoms with Crippen molar-refractivity contribution in [2.24, 2.45) is 0 Å². The molecular weight excluding hydrogens is 402 g/mol. The maximum atomic E-state index is 10.6. The van der Waals surface area contributed by atoms with Gasteiger partial charge in [-0.2, -0.15) is 0 Å². The minimum Gasteiger partial charge on any atom is -0.507 e. The predicted octanol–water partition coefficient (Wildman–Crippen LogP) is 5.21. The largest absolute Gasteiger partial charge is 0.507 e. The van der Waals surface area contributed by atoms with Gasteiger partial charge in [-0.15, -0.1) is 0 Å². The Morgan fingerprint density at radius 3 is 2.26 bits per heavy atom. The molecule has 0 unspecified atom stereocenters. The molecule has 140 valence electrons. The van der Waals surface area contributed by atoms with Crippen molar-refractivity contribution in [2.45, 2.75) is 19.8 Å². The Labute approximate surface area is 168 Å². The van der Waals surface area contributed by atoms with E-state index in [2.05, 4.69) is 21.2 Å². The average molecular weight is 426 g/mol. The summed E-state index contributed by atoms with van der Waals surface area (Å²) in [6.07, 6.45) is 1.50. The summed E-state index contributed by atoms with van der Waals surface area (Å²) >= 11 is 3.39. The molecule has 0 heterocycles. The highest BCUT2D eigenvalue weighted by Gasteiger charge is 2.09. The smallest absolute Gasteiger partial charge is 0.133 e. The molecule has 3 nitrogen and oxygen atoms in total. The Morgan fingerprint density at radius 1 is 0.815 bits per heavy atom. The number of benzene rings is 3. The maximum Gasteiger partial charge on any atom is 0.133 e. The van der Waals surface area contributed by atoms with Gasteiger partial charge in [0.1, 0.15) is 11.5 Å². The number of para-hydroxylation sites is 1. The number of halogens is 1. The third kappa shape index (κ3) is 4.90. The molecule has 0 atom stereocenters. The van der Waals surface area contributed by atoms with Crippen LogP contribution in [-0.4, -0.2) is 23.3 Å². The van der Waals surface area contributed by atoms with Gasteiger partial charge in [0.05, 0.1) is 4.47 Å². The van der Waals surface area contributed by atoms with Crippen LogP contribution in [-0.2, 0) is 12.8 Å². The SMILES string of the molecule is Cc1cc(Br)c(O)c(CCNCCc2cccc(-c3ccccc3)c2O)c1. The molecule has 0 radical (unpaired) electrons. The second kappa shape index (κ2) is 9.07. The predicted molar refractivity (Wildman–Crippen MR) is 114 cm³/mol. The normalized spacial score (nSPS) is 10.9. The summed E-state index contributed by atoms with van der Waals surface area (Å²) in [6, 6.07) is 19.7. The Bertz CT molecular complexity index is 910. The van der Waals surface area contributed by atoms with Crippen LogP contribution in [0.2, 0.25) is 0 Å². The van der Waals surface area contributed by atoms with Crippen molar-refractivity contribution in [3.05, 3.63) is 81.8 Å². The average Bonchev–Trinajstić information content (AvgIpc) is 2.67. The maximum absolute atomic E-state index is 10.6. The number of aromatic hydroxyl groups is 2. The van der Waals surface area contributed by atoms with E-state index in [0.29, 0.717) is 11.5 Å². The molecule has 0 saturated heterocycles. The number of nitrogens with one attached hydrogen (secondary N) is 1. The first-order chi connectivity index (χ1) is 13.1. The Morgan fingerprint density at radius 2 is 1.52 bits per heavy atom. The quantitative estimate of drug-likeness (QED) is 0.455. The van der Waals surface area contributed by atoms with Gasteiger partial charge in [0.2, 0.25) is 0 Å². The van der Waals surface area contributed by atoms with Crippen LogP contribution in [0.15, 0.2) is 65.1 Å².